The molecule has 7 nitrogen and oxygen atoms in total. The van der Waals surface area contributed by atoms with Crippen molar-refractivity contribution in [1.29, 1.82) is 0 Å². The lowest BCUT2D eigenvalue weighted by atomic mass is 10.1. The second-order valence-electron chi connectivity index (χ2n) is 6.35. The van der Waals surface area contributed by atoms with Gasteiger partial charge in [0.2, 0.25) is 11.8 Å². The summed E-state index contributed by atoms with van der Waals surface area (Å²) in [4.78, 5) is 17.9. The van der Waals surface area contributed by atoms with E-state index in [2.05, 4.69) is 26.8 Å². The number of fused-ring (bicyclic) bond motifs is 1. The predicted molar refractivity (Wildman–Crippen MR) is 102 cm³/mol. The molecule has 0 saturated carbocycles. The summed E-state index contributed by atoms with van der Waals surface area (Å²) < 4.78 is 13.3. The van der Waals surface area contributed by atoms with E-state index in [9.17, 15) is 4.79 Å². The van der Waals surface area contributed by atoms with Crippen molar-refractivity contribution in [3.63, 3.8) is 0 Å². The number of nitrogens with one attached hydrogen (secondary N) is 1. The Kier molecular flexibility index (Phi) is 4.91. The normalized spacial score (nSPS) is 16.0. The zero-order valence-electron chi connectivity index (χ0n) is 15.1. The Bertz CT molecular complexity index is 951. The molecule has 0 spiro atoms. The van der Waals surface area contributed by atoms with E-state index in [1.807, 2.05) is 6.92 Å². The van der Waals surface area contributed by atoms with Gasteiger partial charge in [-0.25, -0.2) is 4.68 Å². The van der Waals surface area contributed by atoms with E-state index >= 15 is 0 Å². The fraction of sp³-hybridized carbons (Fsp3) is 0.316. The summed E-state index contributed by atoms with van der Waals surface area (Å²) in [6.07, 6.45) is 4.25. The second-order valence-corrected chi connectivity index (χ2v) is 7.30. The molecule has 0 fully saturated rings. The van der Waals surface area contributed by atoms with Crippen molar-refractivity contribution in [1.82, 2.24) is 14.8 Å². The Morgan fingerprint density at radius 1 is 1.48 bits per heavy atom. The third-order valence-electron chi connectivity index (χ3n) is 4.42. The molecule has 3 aromatic rings. The third kappa shape index (κ3) is 3.72. The van der Waals surface area contributed by atoms with Crippen molar-refractivity contribution in [3.8, 4) is 11.6 Å². The van der Waals surface area contributed by atoms with Gasteiger partial charge in [-0.05, 0) is 42.5 Å². The average molecular weight is 384 g/mol. The highest BCUT2D eigenvalue weighted by atomic mass is 32.1. The Morgan fingerprint density at radius 2 is 2.37 bits per heavy atom. The van der Waals surface area contributed by atoms with Gasteiger partial charge in [0, 0.05) is 18.1 Å². The minimum atomic E-state index is -0.201. The predicted octanol–water partition coefficient (Wildman–Crippen LogP) is 3.62. The van der Waals surface area contributed by atoms with E-state index in [-0.39, 0.29) is 18.4 Å². The molecule has 0 bridgehead atoms. The van der Waals surface area contributed by atoms with Gasteiger partial charge in [-0.3, -0.25) is 9.78 Å². The van der Waals surface area contributed by atoms with Crippen molar-refractivity contribution in [2.75, 3.05) is 11.9 Å². The van der Waals surface area contributed by atoms with Crippen LogP contribution in [0.5, 0.6) is 11.6 Å². The number of hydrogen-bond acceptors (Lipinski definition) is 6. The zero-order chi connectivity index (χ0) is 18.8. The van der Waals surface area contributed by atoms with Crippen LogP contribution in [0.15, 0.2) is 36.0 Å². The summed E-state index contributed by atoms with van der Waals surface area (Å²) >= 11 is 1.64. The van der Waals surface area contributed by atoms with Crippen molar-refractivity contribution in [2.45, 2.75) is 25.9 Å². The Morgan fingerprint density at radius 3 is 3.19 bits per heavy atom. The van der Waals surface area contributed by atoms with E-state index in [1.165, 1.54) is 5.56 Å². The number of carbonyl (C=O) groups is 1. The molecule has 140 valence electrons. The largest absolute Gasteiger partial charge is 0.436 e. The molecule has 0 radical (unpaired) electrons. The topological polar surface area (TPSA) is 78.3 Å². The molecule has 1 aliphatic rings. The van der Waals surface area contributed by atoms with Crippen LogP contribution in [0.2, 0.25) is 0 Å². The molecular formula is C19H20N4O3S. The lowest BCUT2D eigenvalue weighted by Crippen LogP contribution is -2.21. The Labute approximate surface area is 161 Å². The summed E-state index contributed by atoms with van der Waals surface area (Å²) in [5.41, 5.74) is 2.53. The number of hydrogen-bond donors (Lipinski definition) is 1. The van der Waals surface area contributed by atoms with Gasteiger partial charge in [-0.15, -0.1) is 11.3 Å². The molecule has 0 aromatic carbocycles. The van der Waals surface area contributed by atoms with E-state index < -0.39 is 0 Å². The Hall–Kier alpha value is -2.71. The van der Waals surface area contributed by atoms with Crippen LogP contribution in [0.1, 0.15) is 28.7 Å². The van der Waals surface area contributed by atoms with E-state index in [0.29, 0.717) is 29.6 Å². The first kappa shape index (κ1) is 17.7. The van der Waals surface area contributed by atoms with E-state index in [0.717, 1.165) is 11.3 Å². The highest BCUT2D eigenvalue weighted by Crippen LogP contribution is 2.35. The van der Waals surface area contributed by atoms with Crippen LogP contribution in [0.4, 0.5) is 5.69 Å². The fourth-order valence-corrected chi connectivity index (χ4v) is 4.15. The fourth-order valence-electron chi connectivity index (χ4n) is 3.15. The molecule has 4 heterocycles. The van der Waals surface area contributed by atoms with Crippen molar-refractivity contribution in [3.05, 3.63) is 52.1 Å². The number of rotatable bonds is 5. The highest BCUT2D eigenvalue weighted by Gasteiger charge is 2.26. The minimum absolute atomic E-state index is 0.131. The molecule has 0 aliphatic carbocycles. The summed E-state index contributed by atoms with van der Waals surface area (Å²) in [6.45, 7) is 2.48. The van der Waals surface area contributed by atoms with Gasteiger partial charge in [0.05, 0.1) is 24.9 Å². The van der Waals surface area contributed by atoms with Gasteiger partial charge >= 0.3 is 0 Å². The molecule has 1 aliphatic heterocycles. The van der Waals surface area contributed by atoms with Crippen LogP contribution in [0.3, 0.4) is 0 Å². The average Bonchev–Trinajstić information content (AvgIpc) is 3.23. The van der Waals surface area contributed by atoms with Crippen molar-refractivity contribution in [2.24, 2.45) is 7.05 Å². The number of pyridine rings is 1. The quantitative estimate of drug-likeness (QED) is 0.727. The molecular weight excluding hydrogens is 364 g/mol. The maximum absolute atomic E-state index is 12.7. The van der Waals surface area contributed by atoms with Crippen LogP contribution in [-0.2, 0) is 23.0 Å². The van der Waals surface area contributed by atoms with Gasteiger partial charge < -0.3 is 14.8 Å². The third-order valence-corrected chi connectivity index (χ3v) is 5.47. The van der Waals surface area contributed by atoms with Crippen LogP contribution < -0.4 is 10.1 Å². The van der Waals surface area contributed by atoms with Crippen LogP contribution in [0.25, 0.3) is 0 Å². The summed E-state index contributed by atoms with van der Waals surface area (Å²) in [5, 5.41) is 9.36. The number of thiophene rings is 1. The van der Waals surface area contributed by atoms with E-state index in [4.69, 9.17) is 9.47 Å². The molecule has 1 amide bonds. The second kappa shape index (κ2) is 7.50. The number of ether oxygens (including phenoxy) is 2. The maximum atomic E-state index is 12.7. The molecule has 1 unspecified atom stereocenters. The molecule has 27 heavy (non-hydrogen) atoms. The number of nitrogens with zero attached hydrogens (tertiary/aromatic N) is 3. The number of carbonyl (C=O) groups excluding carboxylic acids is 1. The molecule has 0 saturated heterocycles. The van der Waals surface area contributed by atoms with Crippen LogP contribution >= 0.6 is 11.3 Å². The SMILES string of the molecule is Cc1nn(C)c(Oc2cccnc2)c1NC(=O)CC1OCCc2ccsc21. The molecule has 4 rings (SSSR count). The summed E-state index contributed by atoms with van der Waals surface area (Å²) in [7, 11) is 1.77. The van der Waals surface area contributed by atoms with Crippen molar-refractivity contribution < 1.29 is 14.3 Å². The number of aryl methyl sites for hydroxylation is 2. The molecule has 3 aromatic heterocycles. The monoisotopic (exact) mass is 384 g/mol. The van der Waals surface area contributed by atoms with Crippen molar-refractivity contribution >= 4 is 22.9 Å². The van der Waals surface area contributed by atoms with Gasteiger partial charge in [-0.2, -0.15) is 5.10 Å². The van der Waals surface area contributed by atoms with E-state index in [1.54, 1.807) is 47.6 Å². The zero-order valence-corrected chi connectivity index (χ0v) is 16.0. The number of anilines is 1. The highest BCUT2D eigenvalue weighted by molar-refractivity contribution is 7.10. The first-order valence-electron chi connectivity index (χ1n) is 8.71. The van der Waals surface area contributed by atoms with Gasteiger partial charge in [0.1, 0.15) is 17.5 Å². The standard InChI is InChI=1S/C19H20N4O3S/c1-12-17(19(23(2)22-12)26-14-4-3-7-20-11-14)21-16(24)10-15-18-13(5-8-25-15)6-9-27-18/h3-4,6-7,9,11,15H,5,8,10H2,1-2H3,(H,21,24). The van der Waals surface area contributed by atoms with Gasteiger partial charge in [0.15, 0.2) is 0 Å². The number of aromatic nitrogens is 3. The van der Waals surface area contributed by atoms with Crippen LogP contribution in [-0.4, -0.2) is 27.3 Å². The molecule has 8 heteroatoms. The van der Waals surface area contributed by atoms with Gasteiger partial charge in [0.25, 0.3) is 0 Å². The molecule has 1 atom stereocenters. The smallest absolute Gasteiger partial charge is 0.241 e. The summed E-state index contributed by atoms with van der Waals surface area (Å²) in [5.74, 6) is 0.915. The van der Waals surface area contributed by atoms with Crippen LogP contribution in [0, 0.1) is 6.92 Å². The maximum Gasteiger partial charge on any atom is 0.241 e. The number of amides is 1. The first-order valence-corrected chi connectivity index (χ1v) is 9.59. The Balaban J connectivity index is 1.50. The van der Waals surface area contributed by atoms with Gasteiger partial charge in [-0.1, -0.05) is 0 Å². The minimum Gasteiger partial charge on any atom is -0.436 e. The summed E-state index contributed by atoms with van der Waals surface area (Å²) in [6, 6.07) is 5.70. The lowest BCUT2D eigenvalue weighted by molar-refractivity contribution is -0.119. The lowest BCUT2D eigenvalue weighted by Gasteiger charge is -2.22. The molecule has 1 N–H and O–H groups in total. The first-order chi connectivity index (χ1) is 13.1.